The van der Waals surface area contributed by atoms with E-state index >= 15 is 0 Å². The summed E-state index contributed by atoms with van der Waals surface area (Å²) < 4.78 is 5.00. The highest BCUT2D eigenvalue weighted by molar-refractivity contribution is 5.81. The molecule has 1 aliphatic heterocycles. The number of ether oxygens (including phenoxy) is 1. The summed E-state index contributed by atoms with van der Waals surface area (Å²) in [5, 5.41) is 18.6. The molecule has 112 valence electrons. The van der Waals surface area contributed by atoms with Crippen LogP contribution in [0.5, 0.6) is 0 Å². The van der Waals surface area contributed by atoms with Crippen LogP contribution in [-0.4, -0.2) is 52.5 Å². The number of benzene rings is 1. The van der Waals surface area contributed by atoms with Gasteiger partial charge in [-0.25, -0.2) is 9.59 Å². The Balaban J connectivity index is 1.85. The number of aliphatic hydroxyl groups excluding tert-OH is 1. The first-order chi connectivity index (χ1) is 10.1. The number of likely N-dealkylation sites (tertiary alicyclic amines) is 1. The molecule has 1 fully saturated rings. The molecule has 1 aliphatic rings. The van der Waals surface area contributed by atoms with E-state index in [4.69, 9.17) is 9.84 Å². The number of rotatable bonds is 4. The van der Waals surface area contributed by atoms with Crippen LogP contribution in [-0.2, 0) is 9.53 Å². The van der Waals surface area contributed by atoms with Crippen molar-refractivity contribution in [2.45, 2.75) is 18.6 Å². The van der Waals surface area contributed by atoms with E-state index in [1.807, 2.05) is 30.3 Å². The van der Waals surface area contributed by atoms with E-state index in [1.54, 1.807) is 12.2 Å². The first-order valence-electron chi connectivity index (χ1n) is 6.65. The summed E-state index contributed by atoms with van der Waals surface area (Å²) >= 11 is 0. The van der Waals surface area contributed by atoms with Crippen molar-refractivity contribution in [3.63, 3.8) is 0 Å². The number of nitrogens with zero attached hydrogens (tertiary/aromatic N) is 1. The predicted octanol–water partition coefficient (Wildman–Crippen LogP) is 1.36. The van der Waals surface area contributed by atoms with E-state index in [2.05, 4.69) is 0 Å². The van der Waals surface area contributed by atoms with E-state index < -0.39 is 24.2 Å². The van der Waals surface area contributed by atoms with Crippen LogP contribution in [0.4, 0.5) is 4.79 Å². The van der Waals surface area contributed by atoms with E-state index in [0.717, 1.165) is 10.5 Å². The Bertz CT molecular complexity index is 528. The van der Waals surface area contributed by atoms with Crippen LogP contribution in [0.1, 0.15) is 12.0 Å². The van der Waals surface area contributed by atoms with Crippen molar-refractivity contribution in [3.8, 4) is 0 Å². The SMILES string of the molecule is O=C(O)C1C(O)CCN1C(=O)OCC=Cc1ccccc1. The molecule has 0 saturated carbocycles. The van der Waals surface area contributed by atoms with Gasteiger partial charge in [0, 0.05) is 6.54 Å². The van der Waals surface area contributed by atoms with E-state index in [9.17, 15) is 14.7 Å². The Morgan fingerprint density at radius 2 is 2.05 bits per heavy atom. The first kappa shape index (κ1) is 15.1. The molecule has 2 N–H and O–H groups in total. The lowest BCUT2D eigenvalue weighted by molar-refractivity contribution is -0.144. The maximum atomic E-state index is 11.8. The van der Waals surface area contributed by atoms with Crippen LogP contribution in [0.2, 0.25) is 0 Å². The summed E-state index contributed by atoms with van der Waals surface area (Å²) in [4.78, 5) is 23.9. The lowest BCUT2D eigenvalue weighted by Crippen LogP contribution is -2.45. The van der Waals surface area contributed by atoms with Crippen LogP contribution < -0.4 is 0 Å². The lowest BCUT2D eigenvalue weighted by atomic mass is 10.2. The number of aliphatic carboxylic acids is 1. The summed E-state index contributed by atoms with van der Waals surface area (Å²) in [5.74, 6) is -1.23. The number of carboxylic acid groups (broad SMARTS) is 1. The van der Waals surface area contributed by atoms with Crippen molar-refractivity contribution in [1.29, 1.82) is 0 Å². The van der Waals surface area contributed by atoms with Gasteiger partial charge in [0.15, 0.2) is 6.04 Å². The minimum absolute atomic E-state index is 0.0483. The Kier molecular flexibility index (Phi) is 4.94. The molecule has 1 aromatic rings. The minimum atomic E-state index is -1.23. The highest BCUT2D eigenvalue weighted by Gasteiger charge is 2.41. The lowest BCUT2D eigenvalue weighted by Gasteiger charge is -2.21. The molecular weight excluding hydrogens is 274 g/mol. The third-order valence-electron chi connectivity index (χ3n) is 3.27. The largest absolute Gasteiger partial charge is 0.480 e. The van der Waals surface area contributed by atoms with Crippen molar-refractivity contribution >= 4 is 18.1 Å². The topological polar surface area (TPSA) is 87.1 Å². The van der Waals surface area contributed by atoms with Gasteiger partial charge in [0.05, 0.1) is 6.10 Å². The third kappa shape index (κ3) is 3.82. The maximum absolute atomic E-state index is 11.8. The Labute approximate surface area is 122 Å². The number of aliphatic hydroxyl groups is 1. The van der Waals surface area contributed by atoms with Gasteiger partial charge in [0.1, 0.15) is 6.61 Å². The molecule has 2 atom stereocenters. The Morgan fingerprint density at radius 3 is 2.71 bits per heavy atom. The second-order valence-corrected chi connectivity index (χ2v) is 4.72. The average molecular weight is 291 g/mol. The molecule has 1 aromatic carbocycles. The van der Waals surface area contributed by atoms with Crippen LogP contribution in [0.3, 0.4) is 0 Å². The fourth-order valence-electron chi connectivity index (χ4n) is 2.23. The van der Waals surface area contributed by atoms with Crippen molar-refractivity contribution in [1.82, 2.24) is 4.90 Å². The summed E-state index contributed by atoms with van der Waals surface area (Å²) in [5.41, 5.74) is 0.980. The number of carbonyl (C=O) groups is 2. The molecule has 0 radical (unpaired) electrons. The zero-order valence-corrected chi connectivity index (χ0v) is 11.4. The smallest absolute Gasteiger partial charge is 0.410 e. The third-order valence-corrected chi connectivity index (χ3v) is 3.27. The number of carboxylic acids is 1. The number of amides is 1. The zero-order chi connectivity index (χ0) is 15.2. The van der Waals surface area contributed by atoms with Gasteiger partial charge in [-0.05, 0) is 18.1 Å². The van der Waals surface area contributed by atoms with E-state index in [1.165, 1.54) is 0 Å². The number of hydrogen-bond acceptors (Lipinski definition) is 4. The second kappa shape index (κ2) is 6.90. The van der Waals surface area contributed by atoms with Crippen LogP contribution in [0.15, 0.2) is 36.4 Å². The monoisotopic (exact) mass is 291 g/mol. The van der Waals surface area contributed by atoms with Gasteiger partial charge in [-0.1, -0.05) is 36.4 Å². The van der Waals surface area contributed by atoms with Crippen LogP contribution in [0.25, 0.3) is 6.08 Å². The molecule has 0 aliphatic carbocycles. The summed E-state index contributed by atoms with van der Waals surface area (Å²) in [6, 6.07) is 8.30. The van der Waals surface area contributed by atoms with Gasteiger partial charge in [-0.15, -0.1) is 0 Å². The number of carbonyl (C=O) groups excluding carboxylic acids is 1. The Hall–Kier alpha value is -2.34. The fourth-order valence-corrected chi connectivity index (χ4v) is 2.23. The summed E-state index contributed by atoms with van der Waals surface area (Å²) in [7, 11) is 0. The highest BCUT2D eigenvalue weighted by atomic mass is 16.6. The minimum Gasteiger partial charge on any atom is -0.480 e. The standard InChI is InChI=1S/C15H17NO5/c17-12-8-9-16(13(12)14(18)19)15(20)21-10-4-7-11-5-2-1-3-6-11/h1-7,12-13,17H,8-10H2,(H,18,19). The number of hydrogen-bond donors (Lipinski definition) is 2. The molecule has 2 rings (SSSR count). The molecule has 0 aromatic heterocycles. The van der Waals surface area contributed by atoms with Crippen molar-refractivity contribution in [2.75, 3.05) is 13.2 Å². The average Bonchev–Trinajstić information content (AvgIpc) is 2.86. The summed E-state index contributed by atoms with van der Waals surface area (Å²) in [6.07, 6.45) is 1.95. The van der Waals surface area contributed by atoms with Gasteiger partial charge in [-0.2, -0.15) is 0 Å². The molecule has 6 nitrogen and oxygen atoms in total. The molecule has 2 unspecified atom stereocenters. The maximum Gasteiger partial charge on any atom is 0.410 e. The summed E-state index contributed by atoms with van der Waals surface area (Å²) in [6.45, 7) is 0.228. The van der Waals surface area contributed by atoms with Gasteiger partial charge < -0.3 is 14.9 Å². The van der Waals surface area contributed by atoms with Gasteiger partial charge in [0.25, 0.3) is 0 Å². The van der Waals surface area contributed by atoms with Gasteiger partial charge in [0.2, 0.25) is 0 Å². The van der Waals surface area contributed by atoms with E-state index in [-0.39, 0.29) is 19.6 Å². The van der Waals surface area contributed by atoms with Crippen molar-refractivity contribution in [2.24, 2.45) is 0 Å². The Morgan fingerprint density at radius 1 is 1.33 bits per heavy atom. The predicted molar refractivity (Wildman–Crippen MR) is 75.6 cm³/mol. The quantitative estimate of drug-likeness (QED) is 0.874. The van der Waals surface area contributed by atoms with E-state index in [0.29, 0.717) is 0 Å². The molecule has 1 saturated heterocycles. The fraction of sp³-hybridized carbons (Fsp3) is 0.333. The zero-order valence-electron chi connectivity index (χ0n) is 11.4. The molecule has 0 spiro atoms. The molecular formula is C15H17NO5. The molecule has 1 amide bonds. The molecule has 0 bridgehead atoms. The normalized spacial score (nSPS) is 21.7. The molecule has 21 heavy (non-hydrogen) atoms. The van der Waals surface area contributed by atoms with Crippen molar-refractivity contribution < 1.29 is 24.5 Å². The van der Waals surface area contributed by atoms with Gasteiger partial charge in [-0.3, -0.25) is 4.90 Å². The highest BCUT2D eigenvalue weighted by Crippen LogP contribution is 2.19. The van der Waals surface area contributed by atoms with Gasteiger partial charge >= 0.3 is 12.1 Å². The van der Waals surface area contributed by atoms with Crippen LogP contribution >= 0.6 is 0 Å². The first-order valence-corrected chi connectivity index (χ1v) is 6.65. The van der Waals surface area contributed by atoms with Crippen molar-refractivity contribution in [3.05, 3.63) is 42.0 Å². The molecule has 1 heterocycles. The molecule has 6 heteroatoms. The second-order valence-electron chi connectivity index (χ2n) is 4.72. The van der Waals surface area contributed by atoms with Crippen LogP contribution in [0, 0.1) is 0 Å².